The fourth-order valence-electron chi connectivity index (χ4n) is 3.73. The SMILES string of the molecule is CC1(C)CC(N)C(CCO)C(C)(C)N1CCO. The van der Waals surface area contributed by atoms with Crippen molar-refractivity contribution in [2.24, 2.45) is 11.7 Å². The van der Waals surface area contributed by atoms with E-state index in [-0.39, 0.29) is 36.3 Å². The molecule has 0 aliphatic carbocycles. The van der Waals surface area contributed by atoms with Crippen molar-refractivity contribution in [2.75, 3.05) is 19.8 Å². The zero-order valence-electron chi connectivity index (χ0n) is 11.6. The molecular weight excluding hydrogens is 216 g/mol. The van der Waals surface area contributed by atoms with Crippen molar-refractivity contribution in [3.8, 4) is 0 Å². The van der Waals surface area contributed by atoms with Crippen LogP contribution in [0.2, 0.25) is 0 Å². The Morgan fingerprint density at radius 2 is 1.76 bits per heavy atom. The van der Waals surface area contributed by atoms with Crippen molar-refractivity contribution in [1.29, 1.82) is 0 Å². The zero-order valence-corrected chi connectivity index (χ0v) is 11.6. The molecule has 0 aromatic carbocycles. The van der Waals surface area contributed by atoms with Crippen molar-refractivity contribution < 1.29 is 10.2 Å². The number of likely N-dealkylation sites (tertiary alicyclic amines) is 1. The Kier molecular flexibility index (Phi) is 4.58. The molecular formula is C13H28N2O2. The molecule has 0 amide bonds. The molecule has 4 N–H and O–H groups in total. The predicted molar refractivity (Wildman–Crippen MR) is 69.7 cm³/mol. The van der Waals surface area contributed by atoms with Crippen LogP contribution >= 0.6 is 0 Å². The first-order valence-corrected chi connectivity index (χ1v) is 6.52. The molecule has 1 saturated heterocycles. The monoisotopic (exact) mass is 244 g/mol. The van der Waals surface area contributed by atoms with Crippen LogP contribution < -0.4 is 5.73 Å². The average molecular weight is 244 g/mol. The summed E-state index contributed by atoms with van der Waals surface area (Å²) in [4.78, 5) is 2.34. The van der Waals surface area contributed by atoms with Gasteiger partial charge in [0.2, 0.25) is 0 Å². The highest BCUT2D eigenvalue weighted by Gasteiger charge is 2.49. The lowest BCUT2D eigenvalue weighted by atomic mass is 9.68. The van der Waals surface area contributed by atoms with Gasteiger partial charge in [-0.2, -0.15) is 0 Å². The maximum Gasteiger partial charge on any atom is 0.0558 e. The van der Waals surface area contributed by atoms with E-state index in [2.05, 4.69) is 32.6 Å². The molecule has 0 aromatic rings. The highest BCUT2D eigenvalue weighted by atomic mass is 16.3. The van der Waals surface area contributed by atoms with E-state index in [1.807, 2.05) is 0 Å². The number of β-amino-alcohol motifs (C(OH)–C–C–N with tert-alkyl or cyclic N) is 1. The van der Waals surface area contributed by atoms with Crippen molar-refractivity contribution in [1.82, 2.24) is 4.90 Å². The summed E-state index contributed by atoms with van der Waals surface area (Å²) in [6.45, 7) is 9.70. The van der Waals surface area contributed by atoms with Gasteiger partial charge in [-0.05, 0) is 46.5 Å². The van der Waals surface area contributed by atoms with Crippen LogP contribution in [0.15, 0.2) is 0 Å². The van der Waals surface area contributed by atoms with E-state index in [1.165, 1.54) is 0 Å². The predicted octanol–water partition coefficient (Wildman–Crippen LogP) is 0.568. The Morgan fingerprint density at radius 3 is 2.24 bits per heavy atom. The first kappa shape index (κ1) is 14.9. The van der Waals surface area contributed by atoms with Gasteiger partial charge in [0.1, 0.15) is 0 Å². The highest BCUT2D eigenvalue weighted by Crippen LogP contribution is 2.42. The van der Waals surface area contributed by atoms with Gasteiger partial charge in [0.25, 0.3) is 0 Å². The lowest BCUT2D eigenvalue weighted by molar-refractivity contribution is -0.0861. The van der Waals surface area contributed by atoms with Crippen molar-refractivity contribution in [3.63, 3.8) is 0 Å². The third-order valence-corrected chi connectivity index (χ3v) is 4.35. The van der Waals surface area contributed by atoms with Crippen molar-refractivity contribution in [3.05, 3.63) is 0 Å². The van der Waals surface area contributed by atoms with E-state index >= 15 is 0 Å². The van der Waals surface area contributed by atoms with Crippen molar-refractivity contribution >= 4 is 0 Å². The lowest BCUT2D eigenvalue weighted by Crippen LogP contribution is -2.68. The molecule has 4 heteroatoms. The topological polar surface area (TPSA) is 69.7 Å². The Morgan fingerprint density at radius 1 is 1.18 bits per heavy atom. The van der Waals surface area contributed by atoms with Crippen LogP contribution in [0.1, 0.15) is 40.5 Å². The van der Waals surface area contributed by atoms with Gasteiger partial charge >= 0.3 is 0 Å². The summed E-state index contributed by atoms with van der Waals surface area (Å²) in [6.07, 6.45) is 1.63. The van der Waals surface area contributed by atoms with Gasteiger partial charge in [-0.15, -0.1) is 0 Å². The van der Waals surface area contributed by atoms with Crippen molar-refractivity contribution in [2.45, 2.75) is 57.7 Å². The molecule has 2 unspecified atom stereocenters. The van der Waals surface area contributed by atoms with Gasteiger partial charge in [-0.1, -0.05) is 0 Å². The third kappa shape index (κ3) is 2.81. The van der Waals surface area contributed by atoms with Gasteiger partial charge < -0.3 is 15.9 Å². The van der Waals surface area contributed by atoms with E-state index in [0.29, 0.717) is 6.54 Å². The number of nitrogens with two attached hydrogens (primary N) is 1. The number of aliphatic hydroxyl groups is 2. The van der Waals surface area contributed by atoms with Crippen LogP contribution in [0.4, 0.5) is 0 Å². The molecule has 1 rings (SSSR count). The normalized spacial score (nSPS) is 32.6. The standard InChI is InChI=1S/C13H28N2O2/c1-12(2)9-11(14)10(5-7-16)13(3,4)15(12)6-8-17/h10-11,16-17H,5-9,14H2,1-4H3. The molecule has 102 valence electrons. The Bertz CT molecular complexity index is 254. The molecule has 17 heavy (non-hydrogen) atoms. The minimum atomic E-state index is -0.0906. The number of rotatable bonds is 4. The van der Waals surface area contributed by atoms with Gasteiger partial charge in [0.05, 0.1) is 6.61 Å². The van der Waals surface area contributed by atoms with Gasteiger partial charge in [0.15, 0.2) is 0 Å². The van der Waals surface area contributed by atoms with E-state index in [4.69, 9.17) is 5.73 Å². The Balaban J connectivity index is 2.99. The van der Waals surface area contributed by atoms with Gasteiger partial charge in [0, 0.05) is 30.3 Å². The van der Waals surface area contributed by atoms with Crippen LogP contribution in [0.3, 0.4) is 0 Å². The summed E-state index contributed by atoms with van der Waals surface area (Å²) in [5, 5.41) is 18.4. The summed E-state index contributed by atoms with van der Waals surface area (Å²) in [6, 6.07) is 0.113. The minimum absolute atomic E-state index is 0.00238. The maximum atomic E-state index is 9.24. The summed E-state index contributed by atoms with van der Waals surface area (Å²) >= 11 is 0. The fraction of sp³-hybridized carbons (Fsp3) is 1.00. The highest BCUT2D eigenvalue weighted by molar-refractivity contribution is 5.06. The molecule has 0 aromatic heterocycles. The summed E-state index contributed by atoms with van der Waals surface area (Å²) in [7, 11) is 0. The number of piperidine rings is 1. The number of nitrogens with zero attached hydrogens (tertiary/aromatic N) is 1. The number of hydrogen-bond acceptors (Lipinski definition) is 4. The van der Waals surface area contributed by atoms with Gasteiger partial charge in [-0.25, -0.2) is 0 Å². The van der Waals surface area contributed by atoms with Crippen LogP contribution in [0, 0.1) is 5.92 Å². The second-order valence-electron chi connectivity index (χ2n) is 6.33. The lowest BCUT2D eigenvalue weighted by Gasteiger charge is -2.58. The summed E-state index contributed by atoms with van der Waals surface area (Å²) in [5.74, 6) is 0.270. The largest absolute Gasteiger partial charge is 0.396 e. The smallest absolute Gasteiger partial charge is 0.0558 e. The number of hydrogen-bond donors (Lipinski definition) is 3. The molecule has 0 saturated carbocycles. The number of aliphatic hydroxyl groups excluding tert-OH is 2. The molecule has 4 nitrogen and oxygen atoms in total. The van der Waals surface area contributed by atoms with Crippen LogP contribution in [-0.2, 0) is 0 Å². The fourth-order valence-corrected chi connectivity index (χ4v) is 3.73. The molecule has 2 atom stereocenters. The molecule has 1 heterocycles. The molecule has 0 bridgehead atoms. The Labute approximate surface area is 105 Å². The molecule has 1 aliphatic heterocycles. The van der Waals surface area contributed by atoms with Crippen LogP contribution in [-0.4, -0.2) is 52.0 Å². The minimum Gasteiger partial charge on any atom is -0.396 e. The quantitative estimate of drug-likeness (QED) is 0.676. The second kappa shape index (κ2) is 5.22. The van der Waals surface area contributed by atoms with Gasteiger partial charge in [-0.3, -0.25) is 4.90 Å². The van der Waals surface area contributed by atoms with E-state index in [0.717, 1.165) is 12.8 Å². The first-order valence-electron chi connectivity index (χ1n) is 6.52. The summed E-state index contributed by atoms with van der Waals surface area (Å²) < 4.78 is 0. The van der Waals surface area contributed by atoms with Crippen LogP contribution in [0.25, 0.3) is 0 Å². The second-order valence-corrected chi connectivity index (χ2v) is 6.33. The van der Waals surface area contributed by atoms with E-state index in [1.54, 1.807) is 0 Å². The first-order chi connectivity index (χ1) is 7.77. The maximum absolute atomic E-state index is 9.24. The Hall–Kier alpha value is -0.160. The molecule has 1 fully saturated rings. The third-order valence-electron chi connectivity index (χ3n) is 4.35. The summed E-state index contributed by atoms with van der Waals surface area (Å²) in [5.41, 5.74) is 6.18. The van der Waals surface area contributed by atoms with E-state index in [9.17, 15) is 10.2 Å². The molecule has 0 spiro atoms. The molecule has 1 aliphatic rings. The zero-order chi connectivity index (χ0) is 13.3. The van der Waals surface area contributed by atoms with Crippen LogP contribution in [0.5, 0.6) is 0 Å². The average Bonchev–Trinajstić information content (AvgIpc) is 2.19. The van der Waals surface area contributed by atoms with E-state index < -0.39 is 0 Å². The molecule has 0 radical (unpaired) electrons.